The highest BCUT2D eigenvalue weighted by molar-refractivity contribution is 7.08. The molecule has 2 atom stereocenters. The fourth-order valence-electron chi connectivity index (χ4n) is 3.86. The first-order valence-electron chi connectivity index (χ1n) is 11.8. The summed E-state index contributed by atoms with van der Waals surface area (Å²) in [4.78, 5) is 25.4. The number of hydrogen-bond donors (Lipinski definition) is 1. The predicted octanol–water partition coefficient (Wildman–Crippen LogP) is 7.38. The van der Waals surface area contributed by atoms with Crippen molar-refractivity contribution < 1.29 is 23.5 Å². The molecule has 1 amide bonds. The van der Waals surface area contributed by atoms with Crippen LogP contribution in [0.5, 0.6) is 0 Å². The number of rotatable bonds is 9. The first-order valence-corrected chi connectivity index (χ1v) is 13.1. The first-order chi connectivity index (χ1) is 17.1. The van der Waals surface area contributed by atoms with Crippen molar-refractivity contribution in [3.05, 3.63) is 81.3 Å². The van der Waals surface area contributed by atoms with Gasteiger partial charge in [0.1, 0.15) is 11.4 Å². The zero-order chi connectivity index (χ0) is 26.3. The summed E-state index contributed by atoms with van der Waals surface area (Å²) in [6, 6.07) is 13.3. The van der Waals surface area contributed by atoms with Crippen LogP contribution in [0.15, 0.2) is 59.3 Å². The van der Waals surface area contributed by atoms with Gasteiger partial charge in [-0.05, 0) is 92.3 Å². The van der Waals surface area contributed by atoms with Crippen LogP contribution in [0.1, 0.15) is 51.2 Å². The van der Waals surface area contributed by atoms with Crippen LogP contribution in [0.2, 0.25) is 5.02 Å². The number of ether oxygens (including phenoxy) is 2. The molecule has 0 radical (unpaired) electrons. The standard InChI is InChI=1S/C28H31ClFNO4S/c1-5-34-26(32)24(20-12-13-36-17-20)16-22(31-27(33)35-28(2,3)4)14-18-6-8-19(9-7-18)23-15-21(29)10-11-25(23)30/h6-13,15,17,22,24H,5,14,16H2,1-4H3,(H,31,33)/t22-,24?/m1/s1. The van der Waals surface area contributed by atoms with Gasteiger partial charge in [0.25, 0.3) is 0 Å². The van der Waals surface area contributed by atoms with Crippen LogP contribution in [-0.2, 0) is 20.7 Å². The molecule has 36 heavy (non-hydrogen) atoms. The lowest BCUT2D eigenvalue weighted by Gasteiger charge is -2.26. The molecule has 2 aromatic carbocycles. The van der Waals surface area contributed by atoms with Crippen molar-refractivity contribution in [3.63, 3.8) is 0 Å². The predicted molar refractivity (Wildman–Crippen MR) is 142 cm³/mol. The number of alkyl carbamates (subject to hydrolysis) is 1. The van der Waals surface area contributed by atoms with E-state index < -0.39 is 23.7 Å². The molecule has 1 heterocycles. The number of benzene rings is 2. The molecule has 8 heteroatoms. The SMILES string of the molecule is CCOC(=O)C(C[C@@H](Cc1ccc(-c2cc(Cl)ccc2F)cc1)NC(=O)OC(C)(C)C)c1ccsc1. The number of carbonyl (C=O) groups excluding carboxylic acids is 2. The van der Waals surface area contributed by atoms with Crippen LogP contribution in [0, 0.1) is 5.82 Å². The largest absolute Gasteiger partial charge is 0.466 e. The van der Waals surface area contributed by atoms with Gasteiger partial charge in [-0.1, -0.05) is 35.9 Å². The van der Waals surface area contributed by atoms with Crippen molar-refractivity contribution in [3.8, 4) is 11.1 Å². The van der Waals surface area contributed by atoms with E-state index >= 15 is 0 Å². The Morgan fingerprint density at radius 1 is 1.11 bits per heavy atom. The van der Waals surface area contributed by atoms with E-state index in [0.717, 1.165) is 11.1 Å². The maximum Gasteiger partial charge on any atom is 0.407 e. The molecule has 0 spiro atoms. The van der Waals surface area contributed by atoms with Crippen LogP contribution >= 0.6 is 22.9 Å². The normalized spacial score (nSPS) is 13.1. The summed E-state index contributed by atoms with van der Waals surface area (Å²) >= 11 is 7.54. The van der Waals surface area contributed by atoms with Crippen LogP contribution in [0.4, 0.5) is 9.18 Å². The third-order valence-electron chi connectivity index (χ3n) is 5.43. The van der Waals surface area contributed by atoms with Crippen molar-refractivity contribution in [2.24, 2.45) is 0 Å². The molecule has 0 aliphatic carbocycles. The van der Waals surface area contributed by atoms with Gasteiger partial charge < -0.3 is 14.8 Å². The summed E-state index contributed by atoms with van der Waals surface area (Å²) in [5.74, 6) is -1.22. The van der Waals surface area contributed by atoms with Crippen LogP contribution in [-0.4, -0.2) is 30.3 Å². The molecule has 1 aromatic heterocycles. The summed E-state index contributed by atoms with van der Waals surface area (Å²) in [6.07, 6.45) is 0.218. The Kier molecular flexibility index (Phi) is 9.51. The van der Waals surface area contributed by atoms with Crippen LogP contribution < -0.4 is 5.32 Å². The smallest absolute Gasteiger partial charge is 0.407 e. The first kappa shape index (κ1) is 27.7. The highest BCUT2D eigenvalue weighted by atomic mass is 35.5. The Labute approximate surface area is 220 Å². The van der Waals surface area contributed by atoms with E-state index in [1.165, 1.54) is 23.5 Å². The molecule has 0 bridgehead atoms. The maximum absolute atomic E-state index is 14.3. The second-order valence-corrected chi connectivity index (χ2v) is 10.7. The molecule has 1 unspecified atom stereocenters. The molecular formula is C28H31ClFNO4S. The number of amides is 1. The average Bonchev–Trinajstić information content (AvgIpc) is 3.33. The minimum atomic E-state index is -0.661. The lowest BCUT2D eigenvalue weighted by Crippen LogP contribution is -2.41. The van der Waals surface area contributed by atoms with E-state index in [1.807, 2.05) is 41.1 Å². The third kappa shape index (κ3) is 8.07. The van der Waals surface area contributed by atoms with Crippen molar-refractivity contribution in [1.82, 2.24) is 5.32 Å². The molecule has 3 rings (SSSR count). The molecular weight excluding hydrogens is 501 g/mol. The van der Waals surface area contributed by atoms with Gasteiger partial charge in [-0.15, -0.1) is 0 Å². The second-order valence-electron chi connectivity index (χ2n) is 9.47. The number of thiophene rings is 1. The van der Waals surface area contributed by atoms with Gasteiger partial charge in [-0.2, -0.15) is 11.3 Å². The van der Waals surface area contributed by atoms with Gasteiger partial charge >= 0.3 is 12.1 Å². The topological polar surface area (TPSA) is 64.6 Å². The molecule has 0 fully saturated rings. The van der Waals surface area contributed by atoms with Gasteiger partial charge in [0.2, 0.25) is 0 Å². The monoisotopic (exact) mass is 531 g/mol. The second kappa shape index (κ2) is 12.4. The van der Waals surface area contributed by atoms with E-state index in [0.29, 0.717) is 29.0 Å². The maximum atomic E-state index is 14.3. The zero-order valence-corrected chi connectivity index (χ0v) is 22.4. The Bertz CT molecular complexity index is 1160. The number of esters is 1. The lowest BCUT2D eigenvalue weighted by atomic mass is 9.90. The van der Waals surface area contributed by atoms with E-state index in [9.17, 15) is 14.0 Å². The Balaban J connectivity index is 1.84. The fraction of sp³-hybridized carbons (Fsp3) is 0.357. The van der Waals surface area contributed by atoms with Crippen molar-refractivity contribution >= 4 is 35.0 Å². The minimum Gasteiger partial charge on any atom is -0.466 e. The molecule has 0 aliphatic rings. The van der Waals surface area contributed by atoms with Gasteiger partial charge in [0.05, 0.1) is 12.5 Å². The van der Waals surface area contributed by atoms with Gasteiger partial charge in [0.15, 0.2) is 0 Å². The Hall–Kier alpha value is -2.90. The fourth-order valence-corrected chi connectivity index (χ4v) is 4.75. The van der Waals surface area contributed by atoms with E-state index in [2.05, 4.69) is 5.32 Å². The van der Waals surface area contributed by atoms with Crippen molar-refractivity contribution in [1.29, 1.82) is 0 Å². The summed E-state index contributed by atoms with van der Waals surface area (Å²) < 4.78 is 25.1. The number of halogens is 2. The van der Waals surface area contributed by atoms with Crippen LogP contribution in [0.3, 0.4) is 0 Å². The van der Waals surface area contributed by atoms with Gasteiger partial charge in [0, 0.05) is 16.6 Å². The minimum absolute atomic E-state index is 0.269. The molecule has 5 nitrogen and oxygen atoms in total. The number of hydrogen-bond acceptors (Lipinski definition) is 5. The number of nitrogens with one attached hydrogen (secondary N) is 1. The quantitative estimate of drug-likeness (QED) is 0.292. The Morgan fingerprint density at radius 2 is 1.83 bits per heavy atom. The van der Waals surface area contributed by atoms with Gasteiger partial charge in [-0.25, -0.2) is 9.18 Å². The molecule has 3 aromatic rings. The van der Waals surface area contributed by atoms with Crippen LogP contribution in [0.25, 0.3) is 11.1 Å². The Morgan fingerprint density at radius 3 is 2.44 bits per heavy atom. The van der Waals surface area contributed by atoms with E-state index in [-0.39, 0.29) is 18.4 Å². The lowest BCUT2D eigenvalue weighted by molar-refractivity contribution is -0.145. The van der Waals surface area contributed by atoms with Crippen molar-refractivity contribution in [2.75, 3.05) is 6.61 Å². The third-order valence-corrected chi connectivity index (χ3v) is 6.37. The van der Waals surface area contributed by atoms with E-state index in [1.54, 1.807) is 33.8 Å². The summed E-state index contributed by atoms with van der Waals surface area (Å²) in [7, 11) is 0. The molecule has 1 N–H and O–H groups in total. The molecule has 0 saturated heterocycles. The summed E-state index contributed by atoms with van der Waals surface area (Å²) in [5, 5.41) is 7.21. The van der Waals surface area contributed by atoms with E-state index in [4.69, 9.17) is 21.1 Å². The molecule has 0 saturated carbocycles. The molecule has 0 aliphatic heterocycles. The zero-order valence-electron chi connectivity index (χ0n) is 20.8. The highest BCUT2D eigenvalue weighted by Crippen LogP contribution is 2.29. The average molecular weight is 532 g/mol. The highest BCUT2D eigenvalue weighted by Gasteiger charge is 2.29. The summed E-state index contributed by atoms with van der Waals surface area (Å²) in [5.41, 5.74) is 2.21. The van der Waals surface area contributed by atoms with Gasteiger partial charge in [-0.3, -0.25) is 4.79 Å². The molecule has 192 valence electrons. The summed E-state index contributed by atoms with van der Waals surface area (Å²) in [6.45, 7) is 7.42. The number of carbonyl (C=O) groups is 2. The van der Waals surface area contributed by atoms with Crippen molar-refractivity contribution in [2.45, 2.75) is 58.1 Å².